The molecule has 4 nitrogen and oxygen atoms in total. The summed E-state index contributed by atoms with van der Waals surface area (Å²) in [6.07, 6.45) is 0. The van der Waals surface area contributed by atoms with Crippen molar-refractivity contribution in [3.05, 3.63) is 143 Å². The van der Waals surface area contributed by atoms with Crippen molar-refractivity contribution in [2.45, 2.75) is 24.9 Å². The van der Waals surface area contributed by atoms with Crippen LogP contribution in [0.5, 0.6) is 0 Å². The topological polar surface area (TPSA) is 54.0 Å². The minimum absolute atomic E-state index is 0.398. The van der Waals surface area contributed by atoms with Crippen molar-refractivity contribution < 1.29 is 18.3 Å². The van der Waals surface area contributed by atoms with Crippen LogP contribution < -0.4 is 5.32 Å². The molecule has 1 saturated heterocycles. The monoisotopic (exact) mass is 506 g/mol. The van der Waals surface area contributed by atoms with Crippen LogP contribution in [0.3, 0.4) is 0 Å². The summed E-state index contributed by atoms with van der Waals surface area (Å²) in [6, 6.07) is 28.8. The molecule has 0 aromatic heterocycles. The molecule has 2 aliphatic heterocycles. The Morgan fingerprint density at radius 1 is 0.816 bits per heavy atom. The molecule has 0 spiro atoms. The number of anilines is 1. The number of para-hydroxylation sites is 1. The third-order valence-corrected chi connectivity index (χ3v) is 7.14. The quantitative estimate of drug-likeness (QED) is 0.294. The van der Waals surface area contributed by atoms with E-state index in [1.54, 1.807) is 30.3 Å². The number of halogens is 2. The van der Waals surface area contributed by atoms with E-state index in [0.29, 0.717) is 39.5 Å². The Labute approximate surface area is 219 Å². The number of carbonyl (C=O) groups excluding carboxylic acids is 1. The molecule has 6 rings (SSSR count). The van der Waals surface area contributed by atoms with Gasteiger partial charge in [0.15, 0.2) is 5.76 Å². The van der Waals surface area contributed by atoms with E-state index in [9.17, 15) is 13.6 Å². The number of nitrogens with one attached hydrogen (secondary N) is 1. The summed E-state index contributed by atoms with van der Waals surface area (Å²) in [6.45, 7) is 3.75. The molecule has 2 heterocycles. The molecule has 1 amide bonds. The third-order valence-electron chi connectivity index (χ3n) is 7.14. The van der Waals surface area contributed by atoms with Gasteiger partial charge >= 0.3 is 0 Å². The minimum Gasteiger partial charge on any atom is -0.467 e. The van der Waals surface area contributed by atoms with Crippen LogP contribution >= 0.6 is 0 Å². The molecule has 6 heteroatoms. The number of allylic oxidation sites excluding steroid dienone is 1. The molecule has 0 saturated carbocycles. The van der Waals surface area contributed by atoms with Crippen LogP contribution in [-0.4, -0.2) is 17.2 Å². The number of epoxide rings is 1. The fraction of sp³-hybridized carbons (Fsp3) is 0.125. The highest BCUT2D eigenvalue weighted by Gasteiger charge is 2.77. The maximum atomic E-state index is 15.0. The normalized spacial score (nSPS) is 21.3. The van der Waals surface area contributed by atoms with Gasteiger partial charge in [0.1, 0.15) is 17.0 Å². The van der Waals surface area contributed by atoms with Gasteiger partial charge in [0, 0.05) is 11.3 Å². The second kappa shape index (κ2) is 8.77. The van der Waals surface area contributed by atoms with Crippen LogP contribution in [0, 0.1) is 11.6 Å². The molecule has 0 bridgehead atoms. The lowest BCUT2D eigenvalue weighted by molar-refractivity contribution is -0.122. The van der Waals surface area contributed by atoms with Gasteiger partial charge in [-0.3, -0.25) is 9.79 Å². The first-order chi connectivity index (χ1) is 18.4. The Morgan fingerprint density at radius 2 is 1.45 bits per heavy atom. The van der Waals surface area contributed by atoms with Gasteiger partial charge in [-0.1, -0.05) is 60.7 Å². The van der Waals surface area contributed by atoms with E-state index < -0.39 is 28.6 Å². The zero-order valence-electron chi connectivity index (χ0n) is 20.8. The molecule has 2 atom stereocenters. The van der Waals surface area contributed by atoms with Crippen molar-refractivity contribution in [3.8, 4) is 0 Å². The Hall–Kier alpha value is -4.58. The second-order valence-corrected chi connectivity index (χ2v) is 9.68. The molecule has 0 radical (unpaired) electrons. The lowest BCUT2D eigenvalue weighted by Gasteiger charge is -2.36. The summed E-state index contributed by atoms with van der Waals surface area (Å²) in [5, 5.41) is 3.02. The van der Waals surface area contributed by atoms with Gasteiger partial charge in [-0.2, -0.15) is 0 Å². The highest BCUT2D eigenvalue weighted by atomic mass is 19.1. The van der Waals surface area contributed by atoms with Gasteiger partial charge in [-0.25, -0.2) is 8.78 Å². The molecule has 2 unspecified atom stereocenters. The molecule has 1 N–H and O–H groups in total. The standard InChI is InChI=1S/C32H24F2N2O2/c1-20(2)29-32(38-29,30(37)35-25-11-7-4-8-12-25)31(22-9-5-3-6-10-22)26-19-24(34)17-18-27(26)36-28(31)21-13-15-23(33)16-14-21/h3-19H,1-2H3,(H,35,37). The van der Waals surface area contributed by atoms with Crippen LogP contribution in [0.2, 0.25) is 0 Å². The lowest BCUT2D eigenvalue weighted by atomic mass is 9.61. The first-order valence-corrected chi connectivity index (χ1v) is 12.3. The average molecular weight is 507 g/mol. The Bertz CT molecular complexity index is 1610. The summed E-state index contributed by atoms with van der Waals surface area (Å²) >= 11 is 0. The van der Waals surface area contributed by atoms with Gasteiger partial charge in [-0.05, 0) is 73.0 Å². The summed E-state index contributed by atoms with van der Waals surface area (Å²) < 4.78 is 35.4. The number of aliphatic imine (C=N–C) groups is 1. The summed E-state index contributed by atoms with van der Waals surface area (Å²) in [7, 11) is 0. The molecular weight excluding hydrogens is 482 g/mol. The number of nitrogens with zero attached hydrogens (tertiary/aromatic N) is 1. The average Bonchev–Trinajstić information content (AvgIpc) is 3.61. The summed E-state index contributed by atoms with van der Waals surface area (Å²) in [5.74, 6) is -0.777. The van der Waals surface area contributed by atoms with Crippen molar-refractivity contribution >= 4 is 23.0 Å². The van der Waals surface area contributed by atoms with Crippen molar-refractivity contribution in [2.75, 3.05) is 5.32 Å². The van der Waals surface area contributed by atoms with Gasteiger partial charge in [0.2, 0.25) is 0 Å². The van der Waals surface area contributed by atoms with Gasteiger partial charge in [0.25, 0.3) is 11.5 Å². The van der Waals surface area contributed by atoms with Gasteiger partial charge in [0.05, 0.1) is 11.4 Å². The highest BCUT2D eigenvalue weighted by molar-refractivity contribution is 6.22. The molecule has 1 fully saturated rings. The number of fused-ring (bicyclic) bond motifs is 1. The van der Waals surface area contributed by atoms with E-state index in [-0.39, 0.29) is 0 Å². The lowest BCUT2D eigenvalue weighted by Crippen LogP contribution is -2.55. The number of rotatable bonds is 5. The van der Waals surface area contributed by atoms with E-state index in [1.165, 1.54) is 24.3 Å². The van der Waals surface area contributed by atoms with Crippen molar-refractivity contribution in [3.63, 3.8) is 0 Å². The summed E-state index contributed by atoms with van der Waals surface area (Å²) in [4.78, 5) is 19.4. The van der Waals surface area contributed by atoms with Crippen molar-refractivity contribution in [1.29, 1.82) is 0 Å². The number of carbonyl (C=O) groups is 1. The zero-order chi connectivity index (χ0) is 26.5. The van der Waals surface area contributed by atoms with Crippen molar-refractivity contribution in [1.82, 2.24) is 0 Å². The van der Waals surface area contributed by atoms with Crippen LogP contribution in [0.4, 0.5) is 20.2 Å². The summed E-state index contributed by atoms with van der Waals surface area (Å²) in [5.41, 5.74) is 1.27. The Balaban J connectivity index is 1.70. The number of ether oxygens (including phenoxy) is 1. The van der Waals surface area contributed by atoms with Gasteiger partial charge in [-0.15, -0.1) is 0 Å². The van der Waals surface area contributed by atoms with Crippen LogP contribution in [0.15, 0.2) is 119 Å². The van der Waals surface area contributed by atoms with E-state index in [4.69, 9.17) is 9.73 Å². The first-order valence-electron chi connectivity index (χ1n) is 12.3. The molecule has 0 aliphatic carbocycles. The minimum atomic E-state index is -1.57. The number of benzene rings is 4. The van der Waals surface area contributed by atoms with E-state index in [2.05, 4.69) is 5.32 Å². The first kappa shape index (κ1) is 23.8. The van der Waals surface area contributed by atoms with Crippen LogP contribution in [-0.2, 0) is 14.9 Å². The maximum Gasteiger partial charge on any atom is 0.278 e. The fourth-order valence-corrected chi connectivity index (χ4v) is 5.56. The van der Waals surface area contributed by atoms with Crippen LogP contribution in [0.25, 0.3) is 0 Å². The maximum absolute atomic E-state index is 15.0. The third kappa shape index (κ3) is 3.40. The Morgan fingerprint density at radius 3 is 2.08 bits per heavy atom. The van der Waals surface area contributed by atoms with E-state index >= 15 is 0 Å². The molecule has 4 aromatic carbocycles. The second-order valence-electron chi connectivity index (χ2n) is 9.68. The molecule has 4 aromatic rings. The van der Waals surface area contributed by atoms with Crippen molar-refractivity contribution in [2.24, 2.45) is 4.99 Å². The smallest absolute Gasteiger partial charge is 0.278 e. The van der Waals surface area contributed by atoms with Gasteiger partial charge < -0.3 is 10.1 Å². The Kier molecular flexibility index (Phi) is 5.49. The fourth-order valence-electron chi connectivity index (χ4n) is 5.56. The highest BCUT2D eigenvalue weighted by Crippen LogP contribution is 2.64. The predicted molar refractivity (Wildman–Crippen MR) is 143 cm³/mol. The van der Waals surface area contributed by atoms with Crippen LogP contribution in [0.1, 0.15) is 30.5 Å². The molecule has 188 valence electrons. The van der Waals surface area contributed by atoms with E-state index in [0.717, 1.165) is 5.57 Å². The zero-order valence-corrected chi connectivity index (χ0v) is 20.8. The number of hydrogen-bond acceptors (Lipinski definition) is 3. The molecular formula is C32H24F2N2O2. The SMILES string of the molecule is CC(C)=C1OC1(C(=O)Nc1ccccc1)C1(c2ccccc2)C(c2ccc(F)cc2)=Nc2ccc(F)cc21. The predicted octanol–water partition coefficient (Wildman–Crippen LogP) is 7.09. The largest absolute Gasteiger partial charge is 0.467 e. The molecule has 2 aliphatic rings. The van der Waals surface area contributed by atoms with E-state index in [1.807, 2.05) is 62.4 Å². The number of amides is 1. The molecule has 38 heavy (non-hydrogen) atoms. The number of hydrogen-bond donors (Lipinski definition) is 1.